The number of benzene rings is 1. The quantitative estimate of drug-likeness (QED) is 0.488. The Bertz CT molecular complexity index is 379. The molecule has 7 nitrogen and oxygen atoms in total. The van der Waals surface area contributed by atoms with Gasteiger partial charge in [-0.3, -0.25) is 14.9 Å². The van der Waals surface area contributed by atoms with Gasteiger partial charge in [-0.1, -0.05) is 6.07 Å². The first kappa shape index (κ1) is 14.7. The van der Waals surface area contributed by atoms with Gasteiger partial charge in [-0.2, -0.15) is 0 Å². The lowest BCUT2D eigenvalue weighted by Crippen LogP contribution is -1.90. The first-order valence-corrected chi connectivity index (χ1v) is 4.64. The largest absolute Gasteiger partial charge is 0.500 e. The minimum absolute atomic E-state index is 0.101. The number of hydrogen-bond acceptors (Lipinski definition) is 6. The molecule has 1 N–H and O–H groups in total. The number of aromatic hydroxyl groups is 1. The molecule has 0 unspecified atom stereocenters. The van der Waals surface area contributed by atoms with Gasteiger partial charge in [0.1, 0.15) is 0 Å². The van der Waals surface area contributed by atoms with E-state index in [1.54, 1.807) is 6.92 Å². The number of phenolic OH excluding ortho intramolecular Hbond substituents is 1. The number of phenols is 1. The molecular weight excluding hydrogens is 230 g/mol. The molecule has 0 amide bonds. The van der Waals surface area contributed by atoms with Gasteiger partial charge in [0, 0.05) is 6.07 Å². The van der Waals surface area contributed by atoms with Crippen molar-refractivity contribution in [2.45, 2.75) is 6.92 Å². The Hall–Kier alpha value is -2.31. The Morgan fingerprint density at radius 3 is 2.53 bits per heavy atom. The van der Waals surface area contributed by atoms with Crippen LogP contribution in [0, 0.1) is 10.1 Å². The van der Waals surface area contributed by atoms with Crippen LogP contribution in [0.15, 0.2) is 18.2 Å². The van der Waals surface area contributed by atoms with Crippen molar-refractivity contribution in [3.8, 4) is 11.5 Å². The Balaban J connectivity index is 0.000000437. The SMILES string of the molecule is CCOC=O.COc1cccc([N+](=O)[O-])c1O. The lowest BCUT2D eigenvalue weighted by molar-refractivity contribution is -0.385. The summed E-state index contributed by atoms with van der Waals surface area (Å²) in [5.74, 6) is -0.339. The highest BCUT2D eigenvalue weighted by Gasteiger charge is 2.16. The standard InChI is InChI=1S/C7H7NO4.C3H6O2/c1-12-6-4-2-3-5(7(6)9)8(10)11;1-2-5-3-4/h2-4,9H,1H3;3H,2H2,1H3. The summed E-state index contributed by atoms with van der Waals surface area (Å²) in [5, 5.41) is 19.5. The van der Waals surface area contributed by atoms with Crippen molar-refractivity contribution in [2.75, 3.05) is 13.7 Å². The summed E-state index contributed by atoms with van der Waals surface area (Å²) in [7, 11) is 1.33. The van der Waals surface area contributed by atoms with Crippen molar-refractivity contribution in [2.24, 2.45) is 0 Å². The Morgan fingerprint density at radius 1 is 1.53 bits per heavy atom. The van der Waals surface area contributed by atoms with Crippen LogP contribution in [0.5, 0.6) is 11.5 Å². The smallest absolute Gasteiger partial charge is 0.314 e. The third-order valence-electron chi connectivity index (χ3n) is 1.63. The van der Waals surface area contributed by atoms with Crippen molar-refractivity contribution >= 4 is 12.2 Å². The number of nitro benzene ring substituents is 1. The number of methoxy groups -OCH3 is 1. The van der Waals surface area contributed by atoms with Gasteiger partial charge in [0.05, 0.1) is 18.6 Å². The van der Waals surface area contributed by atoms with Gasteiger partial charge < -0.3 is 14.6 Å². The van der Waals surface area contributed by atoms with Crippen LogP contribution in [0.2, 0.25) is 0 Å². The molecule has 0 spiro atoms. The summed E-state index contributed by atoms with van der Waals surface area (Å²) in [4.78, 5) is 18.8. The molecule has 0 bridgehead atoms. The average Bonchev–Trinajstić information content (AvgIpc) is 2.31. The minimum atomic E-state index is -0.669. The van der Waals surface area contributed by atoms with Crippen molar-refractivity contribution in [3.05, 3.63) is 28.3 Å². The summed E-state index contributed by atoms with van der Waals surface area (Å²) in [6.45, 7) is 2.66. The number of rotatable bonds is 4. The van der Waals surface area contributed by atoms with Crippen molar-refractivity contribution < 1.29 is 24.3 Å². The molecule has 1 aromatic rings. The normalized spacial score (nSPS) is 8.59. The van der Waals surface area contributed by atoms with Crippen LogP contribution in [-0.4, -0.2) is 30.2 Å². The fourth-order valence-corrected chi connectivity index (χ4v) is 0.891. The summed E-state index contributed by atoms with van der Waals surface area (Å²) in [6, 6.07) is 4.09. The molecule has 0 aromatic heterocycles. The Kier molecular flexibility index (Phi) is 6.84. The number of carbonyl (C=O) groups is 1. The number of nitro groups is 1. The second kappa shape index (κ2) is 7.91. The van der Waals surface area contributed by atoms with E-state index in [0.717, 1.165) is 0 Å². The first-order chi connectivity index (χ1) is 8.08. The number of carbonyl (C=O) groups excluding carboxylic acids is 1. The highest BCUT2D eigenvalue weighted by Crippen LogP contribution is 2.34. The van der Waals surface area contributed by atoms with Gasteiger partial charge in [0.25, 0.3) is 6.47 Å². The number of hydrogen-bond donors (Lipinski definition) is 1. The van der Waals surface area contributed by atoms with Crippen LogP contribution in [0.3, 0.4) is 0 Å². The molecule has 0 aliphatic carbocycles. The first-order valence-electron chi connectivity index (χ1n) is 4.64. The maximum Gasteiger partial charge on any atom is 0.314 e. The highest BCUT2D eigenvalue weighted by atomic mass is 16.6. The molecule has 94 valence electrons. The predicted molar refractivity (Wildman–Crippen MR) is 59.0 cm³/mol. The molecule has 0 atom stereocenters. The second-order valence-electron chi connectivity index (χ2n) is 2.64. The van der Waals surface area contributed by atoms with E-state index in [1.807, 2.05) is 0 Å². The molecule has 0 saturated heterocycles. The van der Waals surface area contributed by atoms with Gasteiger partial charge in [0.15, 0.2) is 5.75 Å². The fourth-order valence-electron chi connectivity index (χ4n) is 0.891. The third-order valence-corrected chi connectivity index (χ3v) is 1.63. The lowest BCUT2D eigenvalue weighted by Gasteiger charge is -2.01. The zero-order valence-electron chi connectivity index (χ0n) is 9.45. The molecule has 0 aliphatic heterocycles. The van der Waals surface area contributed by atoms with Gasteiger partial charge in [-0.05, 0) is 13.0 Å². The van der Waals surface area contributed by atoms with Gasteiger partial charge in [-0.25, -0.2) is 0 Å². The van der Waals surface area contributed by atoms with E-state index in [-0.39, 0.29) is 11.4 Å². The fraction of sp³-hybridized carbons (Fsp3) is 0.300. The number of ether oxygens (including phenoxy) is 2. The van der Waals surface area contributed by atoms with E-state index >= 15 is 0 Å². The number of nitrogens with zero attached hydrogens (tertiary/aromatic N) is 1. The average molecular weight is 243 g/mol. The molecule has 0 aliphatic rings. The van der Waals surface area contributed by atoms with Crippen LogP contribution < -0.4 is 4.74 Å². The monoisotopic (exact) mass is 243 g/mol. The van der Waals surface area contributed by atoms with Crippen molar-refractivity contribution in [3.63, 3.8) is 0 Å². The van der Waals surface area contributed by atoms with Gasteiger partial charge in [-0.15, -0.1) is 0 Å². The van der Waals surface area contributed by atoms with E-state index in [9.17, 15) is 20.0 Å². The minimum Gasteiger partial charge on any atom is -0.500 e. The summed E-state index contributed by atoms with van der Waals surface area (Å²) in [6.07, 6.45) is 0. The molecule has 0 saturated carbocycles. The van der Waals surface area contributed by atoms with E-state index in [0.29, 0.717) is 13.1 Å². The van der Waals surface area contributed by atoms with Gasteiger partial charge >= 0.3 is 5.69 Å². The summed E-state index contributed by atoms with van der Waals surface area (Å²) >= 11 is 0. The molecule has 17 heavy (non-hydrogen) atoms. The zero-order chi connectivity index (χ0) is 13.3. The van der Waals surface area contributed by atoms with Gasteiger partial charge in [0.2, 0.25) is 5.75 Å². The van der Waals surface area contributed by atoms with Crippen LogP contribution in [0.25, 0.3) is 0 Å². The maximum absolute atomic E-state index is 10.3. The molecule has 0 radical (unpaired) electrons. The van der Waals surface area contributed by atoms with E-state index in [4.69, 9.17) is 0 Å². The van der Waals surface area contributed by atoms with E-state index < -0.39 is 10.7 Å². The van der Waals surface area contributed by atoms with E-state index in [2.05, 4.69) is 9.47 Å². The van der Waals surface area contributed by atoms with Crippen LogP contribution in [-0.2, 0) is 9.53 Å². The third kappa shape index (κ3) is 4.83. The highest BCUT2D eigenvalue weighted by molar-refractivity contribution is 5.54. The molecule has 0 fully saturated rings. The van der Waals surface area contributed by atoms with Crippen molar-refractivity contribution in [1.82, 2.24) is 0 Å². The Morgan fingerprint density at radius 2 is 2.18 bits per heavy atom. The lowest BCUT2D eigenvalue weighted by atomic mass is 10.3. The van der Waals surface area contributed by atoms with E-state index in [1.165, 1.54) is 25.3 Å². The molecule has 7 heteroatoms. The maximum atomic E-state index is 10.3. The molecule has 0 heterocycles. The molecule has 1 rings (SSSR count). The topological polar surface area (TPSA) is 98.9 Å². The summed E-state index contributed by atoms with van der Waals surface area (Å²) in [5.41, 5.74) is -0.352. The predicted octanol–water partition coefficient (Wildman–Crippen LogP) is 1.49. The summed E-state index contributed by atoms with van der Waals surface area (Å²) < 4.78 is 8.83. The second-order valence-corrected chi connectivity index (χ2v) is 2.64. The Labute approximate surface area is 97.7 Å². The van der Waals surface area contributed by atoms with Crippen molar-refractivity contribution in [1.29, 1.82) is 0 Å². The van der Waals surface area contributed by atoms with Crippen LogP contribution in [0.1, 0.15) is 6.92 Å². The van der Waals surface area contributed by atoms with Crippen LogP contribution >= 0.6 is 0 Å². The van der Waals surface area contributed by atoms with Crippen LogP contribution in [0.4, 0.5) is 5.69 Å². The number of para-hydroxylation sites is 1. The zero-order valence-corrected chi connectivity index (χ0v) is 9.45. The molecular formula is C10H13NO6. The molecule has 1 aromatic carbocycles.